The van der Waals surface area contributed by atoms with Crippen molar-refractivity contribution in [2.24, 2.45) is 0 Å². The summed E-state index contributed by atoms with van der Waals surface area (Å²) >= 11 is 5.22. The van der Waals surface area contributed by atoms with Gasteiger partial charge in [-0.25, -0.2) is 8.42 Å². The zero-order valence-corrected chi connectivity index (χ0v) is 10.1. The first-order valence-electron chi connectivity index (χ1n) is 2.59. The largest absolute Gasteiger partial charge is 1.00 e. The van der Waals surface area contributed by atoms with Gasteiger partial charge in [-0.1, -0.05) is 0 Å². The number of aldehydes is 1. The van der Waals surface area contributed by atoms with E-state index in [4.69, 9.17) is 29.1 Å². The summed E-state index contributed by atoms with van der Waals surface area (Å²) < 4.78 is 32.8. The Hall–Kier alpha value is 0.830. The Kier molecular flexibility index (Phi) is 18.3. The molecule has 12 heavy (non-hydrogen) atoms. The molecule has 0 spiro atoms. The Bertz CT molecular complexity index is 172. The van der Waals surface area contributed by atoms with Crippen LogP contribution in [-0.4, -0.2) is 29.7 Å². The van der Waals surface area contributed by atoms with E-state index in [1.165, 1.54) is 0 Å². The molecule has 0 heterocycles. The fourth-order valence-electron chi connectivity index (χ4n) is 0.160. The maximum Gasteiger partial charge on any atom is 1.00 e. The summed E-state index contributed by atoms with van der Waals surface area (Å²) in [6.07, 6.45) is 2.29. The molecule has 0 fully saturated rings. The van der Waals surface area contributed by atoms with Crippen LogP contribution in [0.3, 0.4) is 0 Å². The number of rotatable bonds is 3. The maximum atomic E-state index is 9.51. The van der Waals surface area contributed by atoms with Gasteiger partial charge in [0.25, 0.3) is 0 Å². The predicted molar refractivity (Wildman–Crippen MR) is 38.3 cm³/mol. The van der Waals surface area contributed by atoms with Gasteiger partial charge in [-0.2, -0.15) is 0 Å². The van der Waals surface area contributed by atoms with Crippen molar-refractivity contribution in [2.75, 3.05) is 5.88 Å². The van der Waals surface area contributed by atoms with Crippen LogP contribution in [0.5, 0.6) is 0 Å². The number of unbranched alkanes of at least 4 members (excludes halogenated alkanes) is 1. The van der Waals surface area contributed by atoms with Crippen molar-refractivity contribution in [3.05, 3.63) is 0 Å². The van der Waals surface area contributed by atoms with Crippen LogP contribution in [-0.2, 0) is 15.2 Å². The monoisotopic (exact) mass is 226 g/mol. The number of carbonyl (C=O) groups excluding carboxylic acids is 1. The van der Waals surface area contributed by atoms with E-state index in [-0.39, 0.29) is 29.6 Å². The first-order valence-corrected chi connectivity index (χ1v) is 4.49. The van der Waals surface area contributed by atoms with Crippen LogP contribution >= 0.6 is 11.6 Å². The molecule has 1 N–H and O–H groups in total. The number of halogens is 1. The SMILES string of the molecule is O=CCCCCl.O=S(=O)([O-])O.[Na+]. The van der Waals surface area contributed by atoms with Gasteiger partial charge in [-0.15, -0.1) is 11.6 Å². The molecular formula is C4H8ClNaO5S. The molecular weight excluding hydrogens is 219 g/mol. The minimum atomic E-state index is -4.92. The third-order valence-electron chi connectivity index (χ3n) is 0.456. The van der Waals surface area contributed by atoms with Gasteiger partial charge in [-0.05, 0) is 6.42 Å². The second kappa shape index (κ2) is 11.8. The molecule has 0 amide bonds. The predicted octanol–water partition coefficient (Wildman–Crippen LogP) is -2.79. The van der Waals surface area contributed by atoms with Crippen LogP contribution in [0.25, 0.3) is 0 Å². The molecule has 5 nitrogen and oxygen atoms in total. The Morgan fingerprint density at radius 3 is 1.92 bits per heavy atom. The van der Waals surface area contributed by atoms with Crippen molar-refractivity contribution in [2.45, 2.75) is 12.8 Å². The minimum Gasteiger partial charge on any atom is -0.726 e. The molecule has 0 aliphatic heterocycles. The van der Waals surface area contributed by atoms with E-state index in [2.05, 4.69) is 0 Å². The molecule has 0 aliphatic carbocycles. The Balaban J connectivity index is -0.000000126. The zero-order chi connectivity index (χ0) is 9.33. The van der Waals surface area contributed by atoms with E-state index in [9.17, 15) is 4.79 Å². The molecule has 0 radical (unpaired) electrons. The molecule has 0 bridgehead atoms. The average Bonchev–Trinajstić information content (AvgIpc) is 1.79. The zero-order valence-electron chi connectivity index (χ0n) is 6.57. The van der Waals surface area contributed by atoms with Gasteiger partial charge in [0.1, 0.15) is 6.29 Å². The molecule has 0 aromatic carbocycles. The second-order valence-electron chi connectivity index (χ2n) is 1.43. The third-order valence-corrected chi connectivity index (χ3v) is 0.723. The normalized spacial score (nSPS) is 8.92. The van der Waals surface area contributed by atoms with E-state index >= 15 is 0 Å². The molecule has 0 atom stereocenters. The quantitative estimate of drug-likeness (QED) is 0.140. The first kappa shape index (κ1) is 18.6. The fourth-order valence-corrected chi connectivity index (χ4v) is 0.315. The summed E-state index contributed by atoms with van der Waals surface area (Å²) in [5.41, 5.74) is 0. The average molecular weight is 227 g/mol. The third kappa shape index (κ3) is 71.3. The van der Waals surface area contributed by atoms with Crippen LogP contribution in [0.4, 0.5) is 0 Å². The van der Waals surface area contributed by atoms with Crippen LogP contribution < -0.4 is 29.6 Å². The molecule has 0 unspecified atom stereocenters. The molecule has 0 saturated carbocycles. The number of alkyl halides is 1. The standard InChI is InChI=1S/C4H7ClO.Na.H2O4S/c5-3-1-2-4-6;;1-5(2,3)4/h4H,1-3H2;;(H2,1,2,3,4)/q;+1;/p-1. The van der Waals surface area contributed by atoms with Crippen LogP contribution in [0.1, 0.15) is 12.8 Å². The first-order chi connectivity index (χ1) is 4.91. The van der Waals surface area contributed by atoms with Crippen molar-refractivity contribution in [1.29, 1.82) is 0 Å². The smallest absolute Gasteiger partial charge is 0.726 e. The molecule has 0 saturated heterocycles. The van der Waals surface area contributed by atoms with Gasteiger partial charge in [0.2, 0.25) is 10.4 Å². The van der Waals surface area contributed by atoms with E-state index in [0.717, 1.165) is 12.7 Å². The van der Waals surface area contributed by atoms with Crippen LogP contribution in [0.2, 0.25) is 0 Å². The summed E-state index contributed by atoms with van der Waals surface area (Å²) in [5.74, 6) is 0.596. The van der Waals surface area contributed by atoms with Crippen LogP contribution in [0, 0.1) is 0 Å². The molecule has 0 rings (SSSR count). The second-order valence-corrected chi connectivity index (χ2v) is 2.66. The molecule has 8 heteroatoms. The minimum absolute atomic E-state index is 0. The van der Waals surface area contributed by atoms with Crippen molar-refractivity contribution >= 4 is 28.3 Å². The Morgan fingerprint density at radius 1 is 1.50 bits per heavy atom. The van der Waals surface area contributed by atoms with Gasteiger partial charge < -0.3 is 9.35 Å². The van der Waals surface area contributed by atoms with E-state index < -0.39 is 10.4 Å². The van der Waals surface area contributed by atoms with Gasteiger partial charge in [-0.3, -0.25) is 4.55 Å². The molecule has 68 valence electrons. The summed E-state index contributed by atoms with van der Waals surface area (Å²) in [6.45, 7) is 0. The summed E-state index contributed by atoms with van der Waals surface area (Å²) in [6, 6.07) is 0. The molecule has 0 aliphatic rings. The fraction of sp³-hybridized carbons (Fsp3) is 0.750. The number of hydrogen-bond donors (Lipinski definition) is 1. The van der Waals surface area contributed by atoms with Gasteiger partial charge in [0, 0.05) is 12.3 Å². The Labute approximate surface area is 98.3 Å². The molecule has 0 aromatic rings. The van der Waals surface area contributed by atoms with Crippen LogP contribution in [0.15, 0.2) is 0 Å². The summed E-state index contributed by atoms with van der Waals surface area (Å²) in [5, 5.41) is 0. The summed E-state index contributed by atoms with van der Waals surface area (Å²) in [7, 11) is -4.92. The van der Waals surface area contributed by atoms with Crippen molar-refractivity contribution in [3.8, 4) is 0 Å². The van der Waals surface area contributed by atoms with Gasteiger partial charge >= 0.3 is 29.6 Å². The maximum absolute atomic E-state index is 9.51. The number of carbonyl (C=O) groups is 1. The van der Waals surface area contributed by atoms with E-state index in [1.54, 1.807) is 0 Å². The van der Waals surface area contributed by atoms with Crippen molar-refractivity contribution in [3.63, 3.8) is 0 Å². The molecule has 0 aromatic heterocycles. The van der Waals surface area contributed by atoms with Crippen molar-refractivity contribution < 1.29 is 51.9 Å². The van der Waals surface area contributed by atoms with Gasteiger partial charge in [0.05, 0.1) is 0 Å². The van der Waals surface area contributed by atoms with Gasteiger partial charge in [0.15, 0.2) is 0 Å². The topological polar surface area (TPSA) is 94.5 Å². The van der Waals surface area contributed by atoms with E-state index in [0.29, 0.717) is 12.3 Å². The van der Waals surface area contributed by atoms with E-state index in [1.807, 2.05) is 0 Å². The van der Waals surface area contributed by atoms with Crippen molar-refractivity contribution in [1.82, 2.24) is 0 Å². The summed E-state index contributed by atoms with van der Waals surface area (Å²) in [4.78, 5) is 9.51. The Morgan fingerprint density at radius 2 is 1.83 bits per heavy atom. The number of hydrogen-bond acceptors (Lipinski definition) is 4.